The summed E-state index contributed by atoms with van der Waals surface area (Å²) in [5.74, 6) is 0. The summed E-state index contributed by atoms with van der Waals surface area (Å²) in [4.78, 5) is 5.77. The van der Waals surface area contributed by atoms with Gasteiger partial charge in [0.1, 0.15) is 0 Å². The van der Waals surface area contributed by atoms with Gasteiger partial charge in [0.25, 0.3) is 0 Å². The molecule has 4 heteroatoms. The van der Waals surface area contributed by atoms with Crippen molar-refractivity contribution in [2.45, 2.75) is 0 Å². The summed E-state index contributed by atoms with van der Waals surface area (Å²) in [7, 11) is 3.82. The molecule has 0 aliphatic heterocycles. The second kappa shape index (κ2) is 6.69. The van der Waals surface area contributed by atoms with Gasteiger partial charge in [0.15, 0.2) is 5.17 Å². The van der Waals surface area contributed by atoms with Crippen molar-refractivity contribution < 1.29 is 0 Å². The molecule has 0 rings (SSSR count). The third kappa shape index (κ3) is 4.70. The number of halogens is 1. The number of rotatable bonds is 6. The summed E-state index contributed by atoms with van der Waals surface area (Å²) in [6.07, 6.45) is 1.40. The molecule has 0 aromatic heterocycles. The van der Waals surface area contributed by atoms with Crippen LogP contribution in [0, 0.1) is 0 Å². The fourth-order valence-electron chi connectivity index (χ4n) is 0.727. The molecule has 0 radical (unpaired) electrons. The minimum absolute atomic E-state index is 0.383. The summed E-state index contributed by atoms with van der Waals surface area (Å²) >= 11 is 5.82. The molecule has 74 valence electrons. The zero-order valence-electron chi connectivity index (χ0n) is 8.18. The van der Waals surface area contributed by atoms with Crippen molar-refractivity contribution in [2.24, 2.45) is 4.99 Å². The standard InChI is InChI=1S/C9H16ClN3/c1-5-12-9(10)8(2)13(4)7-6-11-3/h5,11H,1-2,6-7H2,3-4H3. The lowest BCUT2D eigenvalue weighted by Gasteiger charge is -2.19. The highest BCUT2D eigenvalue weighted by atomic mass is 35.5. The van der Waals surface area contributed by atoms with Crippen LogP contribution in [0.25, 0.3) is 0 Å². The van der Waals surface area contributed by atoms with Gasteiger partial charge in [-0.15, -0.1) is 0 Å². The lowest BCUT2D eigenvalue weighted by atomic mass is 10.4. The first-order chi connectivity index (χ1) is 6.13. The summed E-state index contributed by atoms with van der Waals surface area (Å²) < 4.78 is 0. The molecule has 0 amide bonds. The first-order valence-corrected chi connectivity index (χ1v) is 4.40. The Kier molecular flexibility index (Phi) is 6.28. The highest BCUT2D eigenvalue weighted by Crippen LogP contribution is 2.04. The fourth-order valence-corrected chi connectivity index (χ4v) is 0.940. The zero-order valence-corrected chi connectivity index (χ0v) is 8.93. The number of nitrogens with one attached hydrogen (secondary N) is 1. The van der Waals surface area contributed by atoms with Crippen LogP contribution >= 0.6 is 11.6 Å². The Labute approximate surface area is 84.8 Å². The van der Waals surface area contributed by atoms with Crippen molar-refractivity contribution in [3.05, 3.63) is 25.1 Å². The van der Waals surface area contributed by atoms with E-state index < -0.39 is 0 Å². The molecule has 3 nitrogen and oxygen atoms in total. The Morgan fingerprint density at radius 2 is 2.31 bits per heavy atom. The highest BCUT2D eigenvalue weighted by Gasteiger charge is 2.05. The van der Waals surface area contributed by atoms with Gasteiger partial charge >= 0.3 is 0 Å². The number of allylic oxidation sites excluding steroid dienone is 1. The second-order valence-corrected chi connectivity index (χ2v) is 2.93. The third-order valence-corrected chi connectivity index (χ3v) is 1.92. The molecular formula is C9H16ClN3. The average molecular weight is 202 g/mol. The van der Waals surface area contributed by atoms with Crippen LogP contribution in [-0.2, 0) is 0 Å². The molecule has 0 spiro atoms. The van der Waals surface area contributed by atoms with E-state index in [0.29, 0.717) is 10.9 Å². The van der Waals surface area contributed by atoms with Gasteiger partial charge in [0, 0.05) is 26.3 Å². The van der Waals surface area contributed by atoms with E-state index in [-0.39, 0.29) is 0 Å². The van der Waals surface area contributed by atoms with Gasteiger partial charge in [0.05, 0.1) is 5.70 Å². The smallest absolute Gasteiger partial charge is 0.151 e. The fraction of sp³-hybridized carbons (Fsp3) is 0.444. The Bertz CT molecular complexity index is 211. The monoisotopic (exact) mass is 201 g/mol. The Hall–Kier alpha value is -0.800. The first kappa shape index (κ1) is 12.2. The van der Waals surface area contributed by atoms with Gasteiger partial charge in [-0.1, -0.05) is 24.8 Å². The largest absolute Gasteiger partial charge is 0.371 e. The maximum absolute atomic E-state index is 5.82. The van der Waals surface area contributed by atoms with E-state index in [1.54, 1.807) is 0 Å². The molecule has 0 aromatic carbocycles. The molecule has 0 saturated heterocycles. The van der Waals surface area contributed by atoms with Crippen molar-refractivity contribution in [1.82, 2.24) is 10.2 Å². The van der Waals surface area contributed by atoms with Crippen LogP contribution in [0.2, 0.25) is 0 Å². The van der Waals surface area contributed by atoms with Crippen LogP contribution in [0.5, 0.6) is 0 Å². The van der Waals surface area contributed by atoms with Crippen molar-refractivity contribution in [2.75, 3.05) is 27.2 Å². The van der Waals surface area contributed by atoms with Crippen molar-refractivity contribution in [1.29, 1.82) is 0 Å². The predicted octanol–water partition coefficient (Wildman–Crippen LogP) is 1.43. The molecule has 0 bridgehead atoms. The minimum Gasteiger partial charge on any atom is -0.371 e. The number of likely N-dealkylation sites (N-methyl/N-ethyl adjacent to an activating group) is 2. The molecule has 0 aliphatic carbocycles. The van der Waals surface area contributed by atoms with Crippen molar-refractivity contribution in [3.63, 3.8) is 0 Å². The molecule has 0 fully saturated rings. The van der Waals surface area contributed by atoms with Crippen LogP contribution in [0.15, 0.2) is 30.0 Å². The average Bonchev–Trinajstić information content (AvgIpc) is 2.13. The maximum atomic E-state index is 5.82. The molecule has 0 heterocycles. The molecule has 13 heavy (non-hydrogen) atoms. The SMILES string of the molecule is C=CN=C(Cl)C(=C)N(C)CCNC. The van der Waals surface area contributed by atoms with Crippen molar-refractivity contribution in [3.8, 4) is 0 Å². The highest BCUT2D eigenvalue weighted by molar-refractivity contribution is 6.69. The van der Waals surface area contributed by atoms with E-state index in [1.165, 1.54) is 6.20 Å². The van der Waals surface area contributed by atoms with Gasteiger partial charge in [-0.25, -0.2) is 4.99 Å². The quantitative estimate of drug-likeness (QED) is 0.659. The van der Waals surface area contributed by atoms with Gasteiger partial charge in [-0.05, 0) is 7.05 Å². The molecule has 0 unspecified atom stereocenters. The lowest BCUT2D eigenvalue weighted by Crippen LogP contribution is -2.28. The minimum atomic E-state index is 0.383. The van der Waals surface area contributed by atoms with Crippen LogP contribution < -0.4 is 5.32 Å². The lowest BCUT2D eigenvalue weighted by molar-refractivity contribution is 0.436. The molecule has 0 saturated carbocycles. The van der Waals surface area contributed by atoms with Crippen molar-refractivity contribution >= 4 is 16.8 Å². The second-order valence-electron chi connectivity index (χ2n) is 2.57. The maximum Gasteiger partial charge on any atom is 0.151 e. The Morgan fingerprint density at radius 1 is 1.69 bits per heavy atom. The van der Waals surface area contributed by atoms with Gasteiger partial charge in [-0.3, -0.25) is 0 Å². The normalized spacial score (nSPS) is 11.2. The number of hydrogen-bond donors (Lipinski definition) is 1. The molecule has 0 atom stereocenters. The number of nitrogens with zero attached hydrogens (tertiary/aromatic N) is 2. The summed E-state index contributed by atoms with van der Waals surface area (Å²) in [5.41, 5.74) is 0.705. The zero-order chi connectivity index (χ0) is 10.3. The van der Waals surface area contributed by atoms with Crippen LogP contribution in [0.3, 0.4) is 0 Å². The number of hydrogen-bond acceptors (Lipinski definition) is 3. The first-order valence-electron chi connectivity index (χ1n) is 4.02. The van der Waals surface area contributed by atoms with E-state index in [9.17, 15) is 0 Å². The van der Waals surface area contributed by atoms with E-state index >= 15 is 0 Å². The van der Waals surface area contributed by atoms with E-state index in [1.807, 2.05) is 19.0 Å². The third-order valence-electron chi connectivity index (χ3n) is 1.60. The van der Waals surface area contributed by atoms with E-state index in [2.05, 4.69) is 23.5 Å². The topological polar surface area (TPSA) is 27.6 Å². The predicted molar refractivity (Wildman–Crippen MR) is 59.2 cm³/mol. The summed E-state index contributed by atoms with van der Waals surface area (Å²) in [6, 6.07) is 0. The molecule has 1 N–H and O–H groups in total. The molecular weight excluding hydrogens is 186 g/mol. The summed E-state index contributed by atoms with van der Waals surface area (Å²) in [5, 5.41) is 3.42. The Morgan fingerprint density at radius 3 is 2.77 bits per heavy atom. The van der Waals surface area contributed by atoms with Gasteiger partial charge in [0.2, 0.25) is 0 Å². The molecule has 0 aliphatic rings. The summed E-state index contributed by atoms with van der Waals surface area (Å²) in [6.45, 7) is 9.00. The Balaban J connectivity index is 4.09. The number of aliphatic imine (C=N–C) groups is 1. The van der Waals surface area contributed by atoms with Crippen LogP contribution in [-0.4, -0.2) is 37.3 Å². The van der Waals surface area contributed by atoms with Gasteiger partial charge < -0.3 is 10.2 Å². The molecule has 0 aromatic rings. The van der Waals surface area contributed by atoms with Crippen LogP contribution in [0.4, 0.5) is 0 Å². The van der Waals surface area contributed by atoms with Crippen LogP contribution in [0.1, 0.15) is 0 Å². The van der Waals surface area contributed by atoms with E-state index in [0.717, 1.165) is 13.1 Å². The van der Waals surface area contributed by atoms with E-state index in [4.69, 9.17) is 11.6 Å². The van der Waals surface area contributed by atoms with Gasteiger partial charge in [-0.2, -0.15) is 0 Å².